The standard InChI is InChI=1S/C21H25N.CH4/c1-2-15-22-16-13-20(14-17-22)21(18-9-5-3-6-10-18)19-11-7-4-8-12-19;/h3-12H,2,13-17H2,1H3;1H4. The molecular formula is C22H29N. The molecule has 1 aliphatic heterocycles. The Morgan fingerprint density at radius 1 is 0.826 bits per heavy atom. The highest BCUT2D eigenvalue weighted by Crippen LogP contribution is 2.32. The van der Waals surface area contributed by atoms with Gasteiger partial charge in [0.2, 0.25) is 0 Å². The zero-order chi connectivity index (χ0) is 15.2. The van der Waals surface area contributed by atoms with Gasteiger partial charge in [-0.05, 0) is 42.5 Å². The van der Waals surface area contributed by atoms with Crippen molar-refractivity contribution in [1.82, 2.24) is 4.90 Å². The van der Waals surface area contributed by atoms with Crippen LogP contribution in [-0.2, 0) is 0 Å². The molecule has 1 heterocycles. The minimum absolute atomic E-state index is 0. The van der Waals surface area contributed by atoms with Gasteiger partial charge in [-0.3, -0.25) is 0 Å². The number of piperidine rings is 1. The molecule has 0 saturated carbocycles. The Bertz CT molecular complexity index is 561. The highest BCUT2D eigenvalue weighted by atomic mass is 15.1. The number of rotatable bonds is 4. The van der Waals surface area contributed by atoms with Crippen molar-refractivity contribution in [2.45, 2.75) is 33.6 Å². The normalized spacial score (nSPS) is 15.1. The summed E-state index contributed by atoms with van der Waals surface area (Å²) in [4.78, 5) is 2.59. The van der Waals surface area contributed by atoms with Gasteiger partial charge in [-0.25, -0.2) is 0 Å². The summed E-state index contributed by atoms with van der Waals surface area (Å²) >= 11 is 0. The van der Waals surface area contributed by atoms with Crippen LogP contribution in [0.25, 0.3) is 5.57 Å². The highest BCUT2D eigenvalue weighted by molar-refractivity contribution is 5.82. The summed E-state index contributed by atoms with van der Waals surface area (Å²) in [6.45, 7) is 5.91. The Morgan fingerprint density at radius 3 is 1.74 bits per heavy atom. The average Bonchev–Trinajstić information content (AvgIpc) is 2.59. The average molecular weight is 307 g/mol. The van der Waals surface area contributed by atoms with Gasteiger partial charge >= 0.3 is 0 Å². The van der Waals surface area contributed by atoms with E-state index in [9.17, 15) is 0 Å². The Hall–Kier alpha value is -1.86. The van der Waals surface area contributed by atoms with E-state index in [4.69, 9.17) is 0 Å². The lowest BCUT2D eigenvalue weighted by molar-refractivity contribution is 0.257. The smallest absolute Gasteiger partial charge is 0.00190 e. The minimum Gasteiger partial charge on any atom is -0.303 e. The molecule has 0 radical (unpaired) electrons. The van der Waals surface area contributed by atoms with Crippen LogP contribution < -0.4 is 0 Å². The third kappa shape index (κ3) is 4.33. The van der Waals surface area contributed by atoms with Crippen molar-refractivity contribution < 1.29 is 0 Å². The molecule has 122 valence electrons. The van der Waals surface area contributed by atoms with Crippen molar-refractivity contribution >= 4 is 5.57 Å². The van der Waals surface area contributed by atoms with Crippen LogP contribution in [0.1, 0.15) is 44.7 Å². The van der Waals surface area contributed by atoms with Gasteiger partial charge < -0.3 is 4.90 Å². The topological polar surface area (TPSA) is 3.24 Å². The van der Waals surface area contributed by atoms with E-state index in [-0.39, 0.29) is 7.43 Å². The van der Waals surface area contributed by atoms with Crippen LogP contribution in [0.5, 0.6) is 0 Å². The molecule has 0 aliphatic carbocycles. The molecule has 1 saturated heterocycles. The van der Waals surface area contributed by atoms with E-state index < -0.39 is 0 Å². The van der Waals surface area contributed by atoms with Crippen molar-refractivity contribution in [3.8, 4) is 0 Å². The Morgan fingerprint density at radius 2 is 1.30 bits per heavy atom. The molecule has 1 nitrogen and oxygen atoms in total. The minimum atomic E-state index is 0. The molecule has 0 aromatic heterocycles. The third-order valence-electron chi connectivity index (χ3n) is 4.48. The van der Waals surface area contributed by atoms with Crippen LogP contribution in [0.4, 0.5) is 0 Å². The number of benzene rings is 2. The number of hydrogen-bond acceptors (Lipinski definition) is 1. The summed E-state index contributed by atoms with van der Waals surface area (Å²) in [7, 11) is 0. The van der Waals surface area contributed by atoms with Crippen molar-refractivity contribution in [2.75, 3.05) is 19.6 Å². The molecule has 2 aromatic rings. The van der Waals surface area contributed by atoms with E-state index >= 15 is 0 Å². The predicted octanol–water partition coefficient (Wildman–Crippen LogP) is 5.63. The zero-order valence-electron chi connectivity index (χ0n) is 13.5. The molecule has 0 bridgehead atoms. The summed E-state index contributed by atoms with van der Waals surface area (Å²) < 4.78 is 0. The summed E-state index contributed by atoms with van der Waals surface area (Å²) in [5, 5.41) is 0. The van der Waals surface area contributed by atoms with E-state index in [1.54, 1.807) is 5.57 Å². The van der Waals surface area contributed by atoms with Crippen LogP contribution in [0.2, 0.25) is 0 Å². The van der Waals surface area contributed by atoms with Crippen LogP contribution >= 0.6 is 0 Å². The van der Waals surface area contributed by atoms with E-state index in [2.05, 4.69) is 72.5 Å². The van der Waals surface area contributed by atoms with Crippen LogP contribution in [0.3, 0.4) is 0 Å². The van der Waals surface area contributed by atoms with Gasteiger partial charge in [0, 0.05) is 13.1 Å². The molecule has 23 heavy (non-hydrogen) atoms. The first-order chi connectivity index (χ1) is 10.9. The lowest BCUT2D eigenvalue weighted by Crippen LogP contribution is -2.31. The maximum atomic E-state index is 2.59. The lowest BCUT2D eigenvalue weighted by Gasteiger charge is -2.30. The molecule has 0 N–H and O–H groups in total. The van der Waals surface area contributed by atoms with Crippen molar-refractivity contribution in [3.63, 3.8) is 0 Å². The van der Waals surface area contributed by atoms with Gasteiger partial charge in [0.15, 0.2) is 0 Å². The van der Waals surface area contributed by atoms with E-state index in [0.29, 0.717) is 0 Å². The maximum absolute atomic E-state index is 2.59. The second-order valence-corrected chi connectivity index (χ2v) is 6.05. The van der Waals surface area contributed by atoms with Gasteiger partial charge in [-0.1, -0.05) is 80.6 Å². The van der Waals surface area contributed by atoms with Crippen molar-refractivity contribution in [3.05, 3.63) is 77.4 Å². The largest absolute Gasteiger partial charge is 0.303 e. The SMILES string of the molecule is C.CCCN1CCC(=C(c2ccccc2)c2ccccc2)CC1. The van der Waals surface area contributed by atoms with Crippen molar-refractivity contribution in [1.29, 1.82) is 0 Å². The first-order valence-electron chi connectivity index (χ1n) is 8.43. The fraction of sp³-hybridized carbons (Fsp3) is 0.364. The Kier molecular flexibility index (Phi) is 6.61. The number of hydrogen-bond donors (Lipinski definition) is 0. The fourth-order valence-electron chi connectivity index (χ4n) is 3.40. The lowest BCUT2D eigenvalue weighted by atomic mass is 9.88. The quantitative estimate of drug-likeness (QED) is 0.707. The molecule has 0 atom stereocenters. The molecule has 2 aromatic carbocycles. The Labute approximate surface area is 141 Å². The molecule has 0 amide bonds. The van der Waals surface area contributed by atoms with Gasteiger partial charge in [-0.15, -0.1) is 0 Å². The van der Waals surface area contributed by atoms with Gasteiger partial charge in [0.1, 0.15) is 0 Å². The first-order valence-corrected chi connectivity index (χ1v) is 8.43. The van der Waals surface area contributed by atoms with E-state index in [1.807, 2.05) is 0 Å². The summed E-state index contributed by atoms with van der Waals surface area (Å²) in [6, 6.07) is 21.7. The first kappa shape index (κ1) is 17.5. The van der Waals surface area contributed by atoms with Crippen LogP contribution in [-0.4, -0.2) is 24.5 Å². The molecule has 1 aliphatic rings. The second-order valence-electron chi connectivity index (χ2n) is 6.05. The molecular weight excluding hydrogens is 278 g/mol. The van der Waals surface area contributed by atoms with E-state index in [1.165, 1.54) is 55.6 Å². The summed E-state index contributed by atoms with van der Waals surface area (Å²) in [5.41, 5.74) is 5.78. The monoisotopic (exact) mass is 307 g/mol. The van der Waals surface area contributed by atoms with Gasteiger partial charge in [0.05, 0.1) is 0 Å². The van der Waals surface area contributed by atoms with Crippen LogP contribution in [0.15, 0.2) is 66.2 Å². The molecule has 1 fully saturated rings. The predicted molar refractivity (Wildman–Crippen MR) is 102 cm³/mol. The van der Waals surface area contributed by atoms with Gasteiger partial charge in [-0.2, -0.15) is 0 Å². The fourth-order valence-corrected chi connectivity index (χ4v) is 3.40. The van der Waals surface area contributed by atoms with E-state index in [0.717, 1.165) is 0 Å². The molecule has 3 rings (SSSR count). The maximum Gasteiger partial charge on any atom is 0.00190 e. The molecule has 0 unspecified atom stereocenters. The van der Waals surface area contributed by atoms with Gasteiger partial charge in [0.25, 0.3) is 0 Å². The third-order valence-corrected chi connectivity index (χ3v) is 4.48. The van der Waals surface area contributed by atoms with Crippen LogP contribution in [0, 0.1) is 0 Å². The Balaban J connectivity index is 0.00000192. The number of nitrogens with zero attached hydrogens (tertiary/aromatic N) is 1. The molecule has 1 heteroatoms. The molecule has 0 spiro atoms. The summed E-state index contributed by atoms with van der Waals surface area (Å²) in [6.07, 6.45) is 3.64. The second kappa shape index (κ2) is 8.69. The number of likely N-dealkylation sites (tertiary alicyclic amines) is 1. The van der Waals surface area contributed by atoms with Crippen molar-refractivity contribution in [2.24, 2.45) is 0 Å². The summed E-state index contributed by atoms with van der Waals surface area (Å²) in [5.74, 6) is 0. The zero-order valence-corrected chi connectivity index (χ0v) is 13.5. The highest BCUT2D eigenvalue weighted by Gasteiger charge is 2.18.